The Labute approximate surface area is 116 Å². The maximum Gasteiger partial charge on any atom is 0.104 e. The standard InChI is InChI=1S/C17H23NO/c1-14-5-3-6-15(2)18(14)13-17-10-8-16(9-11-17)7-4-12-19/h8-11,14-15,19H,3,5-6,12-13H2,1-2H3/t14-,15+. The first-order valence-electron chi connectivity index (χ1n) is 7.15. The molecule has 1 aromatic rings. The van der Waals surface area contributed by atoms with Crippen molar-refractivity contribution in [1.29, 1.82) is 0 Å². The van der Waals surface area contributed by atoms with Crippen LogP contribution in [0.4, 0.5) is 0 Å². The van der Waals surface area contributed by atoms with E-state index in [1.165, 1.54) is 24.8 Å². The second kappa shape index (κ2) is 6.75. The van der Waals surface area contributed by atoms with Crippen molar-refractivity contribution in [2.45, 2.75) is 51.7 Å². The lowest BCUT2D eigenvalue weighted by Crippen LogP contribution is -2.42. The van der Waals surface area contributed by atoms with Crippen LogP contribution in [0, 0.1) is 11.8 Å². The molecule has 0 amide bonds. The quantitative estimate of drug-likeness (QED) is 0.824. The first-order valence-corrected chi connectivity index (χ1v) is 7.15. The van der Waals surface area contributed by atoms with E-state index in [9.17, 15) is 0 Å². The molecule has 0 saturated carbocycles. The average Bonchev–Trinajstić information content (AvgIpc) is 2.42. The normalized spacial score (nSPS) is 23.7. The molecular weight excluding hydrogens is 234 g/mol. The van der Waals surface area contributed by atoms with Gasteiger partial charge in [0.05, 0.1) is 0 Å². The maximum absolute atomic E-state index is 8.68. The summed E-state index contributed by atoms with van der Waals surface area (Å²) in [4.78, 5) is 2.60. The molecule has 1 aliphatic heterocycles. The predicted octanol–water partition coefficient (Wildman–Crippen LogP) is 2.79. The van der Waals surface area contributed by atoms with Crippen LogP contribution in [0.25, 0.3) is 0 Å². The topological polar surface area (TPSA) is 23.5 Å². The minimum Gasteiger partial charge on any atom is -0.384 e. The van der Waals surface area contributed by atoms with E-state index >= 15 is 0 Å². The highest BCUT2D eigenvalue weighted by molar-refractivity contribution is 5.36. The summed E-state index contributed by atoms with van der Waals surface area (Å²) >= 11 is 0. The van der Waals surface area contributed by atoms with Crippen LogP contribution in [0.1, 0.15) is 44.2 Å². The van der Waals surface area contributed by atoms with Gasteiger partial charge in [-0.2, -0.15) is 0 Å². The van der Waals surface area contributed by atoms with Crippen molar-refractivity contribution in [3.05, 3.63) is 35.4 Å². The number of benzene rings is 1. The van der Waals surface area contributed by atoms with Crippen LogP contribution < -0.4 is 0 Å². The molecule has 1 aromatic carbocycles. The zero-order valence-corrected chi connectivity index (χ0v) is 11.9. The molecule has 1 fully saturated rings. The first kappa shape index (κ1) is 14.1. The Morgan fingerprint density at radius 3 is 2.37 bits per heavy atom. The zero-order chi connectivity index (χ0) is 13.7. The lowest BCUT2D eigenvalue weighted by Gasteiger charge is -2.39. The number of aliphatic hydroxyl groups excluding tert-OH is 1. The van der Waals surface area contributed by atoms with Gasteiger partial charge in [0.15, 0.2) is 0 Å². The Bertz CT molecular complexity index is 444. The number of likely N-dealkylation sites (tertiary alicyclic amines) is 1. The van der Waals surface area contributed by atoms with Crippen molar-refractivity contribution in [3.8, 4) is 11.8 Å². The van der Waals surface area contributed by atoms with Crippen LogP contribution in [-0.2, 0) is 6.54 Å². The van der Waals surface area contributed by atoms with Crippen molar-refractivity contribution < 1.29 is 5.11 Å². The van der Waals surface area contributed by atoms with Gasteiger partial charge < -0.3 is 5.11 Å². The van der Waals surface area contributed by atoms with Gasteiger partial charge in [0.2, 0.25) is 0 Å². The highest BCUT2D eigenvalue weighted by Crippen LogP contribution is 2.24. The third-order valence-corrected chi connectivity index (χ3v) is 4.01. The predicted molar refractivity (Wildman–Crippen MR) is 78.7 cm³/mol. The van der Waals surface area contributed by atoms with E-state index in [0.29, 0.717) is 12.1 Å². The fourth-order valence-electron chi connectivity index (χ4n) is 2.83. The van der Waals surface area contributed by atoms with Gasteiger partial charge in [0, 0.05) is 24.2 Å². The molecule has 2 rings (SSSR count). The Morgan fingerprint density at radius 2 is 1.79 bits per heavy atom. The third-order valence-electron chi connectivity index (χ3n) is 4.01. The fraction of sp³-hybridized carbons (Fsp3) is 0.529. The van der Waals surface area contributed by atoms with Gasteiger partial charge >= 0.3 is 0 Å². The molecule has 2 atom stereocenters. The second-order valence-electron chi connectivity index (χ2n) is 5.46. The molecule has 2 heteroatoms. The number of nitrogens with zero attached hydrogens (tertiary/aromatic N) is 1. The molecule has 0 aliphatic carbocycles. The van der Waals surface area contributed by atoms with Crippen molar-refractivity contribution in [2.24, 2.45) is 0 Å². The summed E-state index contributed by atoms with van der Waals surface area (Å²) < 4.78 is 0. The van der Waals surface area contributed by atoms with E-state index in [1.807, 2.05) is 12.1 Å². The summed E-state index contributed by atoms with van der Waals surface area (Å²) in [5, 5.41) is 8.68. The van der Waals surface area contributed by atoms with E-state index in [-0.39, 0.29) is 6.61 Å². The average molecular weight is 257 g/mol. The molecule has 0 aromatic heterocycles. The fourth-order valence-corrected chi connectivity index (χ4v) is 2.83. The molecule has 0 radical (unpaired) electrons. The summed E-state index contributed by atoms with van der Waals surface area (Å²) in [6.07, 6.45) is 3.98. The van der Waals surface area contributed by atoms with Crippen molar-refractivity contribution in [2.75, 3.05) is 6.61 Å². The Morgan fingerprint density at radius 1 is 1.16 bits per heavy atom. The van der Waals surface area contributed by atoms with Gasteiger partial charge in [-0.15, -0.1) is 0 Å². The van der Waals surface area contributed by atoms with Crippen molar-refractivity contribution >= 4 is 0 Å². The van der Waals surface area contributed by atoms with Gasteiger partial charge in [-0.1, -0.05) is 30.4 Å². The molecule has 1 N–H and O–H groups in total. The monoisotopic (exact) mass is 257 g/mol. The van der Waals surface area contributed by atoms with Gasteiger partial charge in [-0.25, -0.2) is 0 Å². The SMILES string of the molecule is C[C@@H]1CCC[C@H](C)N1Cc1ccc(C#CCO)cc1. The lowest BCUT2D eigenvalue weighted by molar-refractivity contribution is 0.0953. The third kappa shape index (κ3) is 3.83. The highest BCUT2D eigenvalue weighted by Gasteiger charge is 2.24. The minimum absolute atomic E-state index is 0.0788. The summed E-state index contributed by atoms with van der Waals surface area (Å²) in [5.41, 5.74) is 2.31. The molecule has 1 aliphatic rings. The second-order valence-corrected chi connectivity index (χ2v) is 5.46. The van der Waals surface area contributed by atoms with E-state index in [4.69, 9.17) is 5.11 Å². The summed E-state index contributed by atoms with van der Waals surface area (Å²) in [5.74, 6) is 5.60. The number of hydrogen-bond donors (Lipinski definition) is 1. The number of hydrogen-bond acceptors (Lipinski definition) is 2. The molecular formula is C17H23NO. The highest BCUT2D eigenvalue weighted by atomic mass is 16.2. The smallest absolute Gasteiger partial charge is 0.104 e. The molecule has 1 heterocycles. The van der Waals surface area contributed by atoms with Gasteiger partial charge in [0.1, 0.15) is 6.61 Å². The van der Waals surface area contributed by atoms with Crippen LogP contribution in [0.5, 0.6) is 0 Å². The molecule has 1 saturated heterocycles. The van der Waals surface area contributed by atoms with Crippen LogP contribution in [0.2, 0.25) is 0 Å². The van der Waals surface area contributed by atoms with Crippen LogP contribution >= 0.6 is 0 Å². The molecule has 102 valence electrons. The zero-order valence-electron chi connectivity index (χ0n) is 11.9. The largest absolute Gasteiger partial charge is 0.384 e. The van der Waals surface area contributed by atoms with Crippen LogP contribution in [0.15, 0.2) is 24.3 Å². The molecule has 2 nitrogen and oxygen atoms in total. The molecule has 0 bridgehead atoms. The number of piperidine rings is 1. The van der Waals surface area contributed by atoms with Gasteiger partial charge in [-0.05, 0) is 44.4 Å². The summed E-state index contributed by atoms with van der Waals surface area (Å²) in [6.45, 7) is 5.61. The van der Waals surface area contributed by atoms with E-state index in [0.717, 1.165) is 12.1 Å². The Kier molecular flexibility index (Phi) is 5.01. The maximum atomic E-state index is 8.68. The summed E-state index contributed by atoms with van der Waals surface area (Å²) in [7, 11) is 0. The van der Waals surface area contributed by atoms with E-state index in [1.54, 1.807) is 0 Å². The minimum atomic E-state index is -0.0788. The Hall–Kier alpha value is -1.30. The number of aliphatic hydroxyl groups is 1. The Balaban J connectivity index is 2.02. The van der Waals surface area contributed by atoms with Crippen molar-refractivity contribution in [1.82, 2.24) is 4.90 Å². The molecule has 0 spiro atoms. The molecule has 0 unspecified atom stereocenters. The van der Waals surface area contributed by atoms with E-state index in [2.05, 4.69) is 42.7 Å². The van der Waals surface area contributed by atoms with Crippen LogP contribution in [0.3, 0.4) is 0 Å². The summed E-state index contributed by atoms with van der Waals surface area (Å²) in [6, 6.07) is 9.73. The van der Waals surface area contributed by atoms with E-state index < -0.39 is 0 Å². The first-order chi connectivity index (χ1) is 9.20. The lowest BCUT2D eigenvalue weighted by atomic mass is 9.96. The molecule has 19 heavy (non-hydrogen) atoms. The number of rotatable bonds is 2. The van der Waals surface area contributed by atoms with Crippen molar-refractivity contribution in [3.63, 3.8) is 0 Å². The van der Waals surface area contributed by atoms with Gasteiger partial charge in [-0.3, -0.25) is 4.90 Å². The van der Waals surface area contributed by atoms with Crippen LogP contribution in [-0.4, -0.2) is 28.7 Å². The van der Waals surface area contributed by atoms with Gasteiger partial charge in [0.25, 0.3) is 0 Å².